The lowest BCUT2D eigenvalue weighted by atomic mass is 10.0. The lowest BCUT2D eigenvalue weighted by Crippen LogP contribution is -2.02. The van der Waals surface area contributed by atoms with Crippen molar-refractivity contribution < 1.29 is 19.1 Å². The van der Waals surface area contributed by atoms with Crippen molar-refractivity contribution in [3.8, 4) is 11.1 Å². The van der Waals surface area contributed by atoms with Gasteiger partial charge in [-0.25, -0.2) is 9.59 Å². The van der Waals surface area contributed by atoms with Crippen molar-refractivity contribution in [2.75, 3.05) is 14.2 Å². The Morgan fingerprint density at radius 1 is 0.857 bits per heavy atom. The molecule has 0 spiro atoms. The molecule has 2 aromatic carbocycles. The Bertz CT molecular complexity index is 677. The minimum Gasteiger partial charge on any atom is -0.465 e. The summed E-state index contributed by atoms with van der Waals surface area (Å²) < 4.78 is 9.29. The predicted octanol–water partition coefficient (Wildman–Crippen LogP) is 3.58. The second-order valence-electron chi connectivity index (χ2n) is 4.26. The minimum atomic E-state index is -0.479. The fourth-order valence-corrected chi connectivity index (χ4v) is 2.14. The molecule has 0 fully saturated rings. The molecule has 4 nitrogen and oxygen atoms in total. The molecule has 0 aliphatic carbocycles. The number of esters is 2. The maximum atomic E-state index is 11.5. The zero-order valence-corrected chi connectivity index (χ0v) is 12.3. The minimum absolute atomic E-state index is 0.314. The highest BCUT2D eigenvalue weighted by atomic mass is 35.5. The van der Waals surface area contributed by atoms with Crippen LogP contribution in [-0.2, 0) is 9.47 Å². The fraction of sp³-hybridized carbons (Fsp3) is 0.125. The Balaban J connectivity index is 2.32. The molecular weight excluding hydrogens is 292 g/mol. The quantitative estimate of drug-likeness (QED) is 0.813. The number of carbonyl (C=O) groups is 2. The molecule has 21 heavy (non-hydrogen) atoms. The summed E-state index contributed by atoms with van der Waals surface area (Å²) in [5, 5.41) is 0.316. The van der Waals surface area contributed by atoms with Gasteiger partial charge in [-0.3, -0.25) is 0 Å². The van der Waals surface area contributed by atoms with Crippen LogP contribution in [0.15, 0.2) is 42.5 Å². The van der Waals surface area contributed by atoms with Crippen LogP contribution in [0.3, 0.4) is 0 Å². The molecule has 2 aromatic rings. The molecule has 0 saturated carbocycles. The van der Waals surface area contributed by atoms with Crippen molar-refractivity contribution in [2.24, 2.45) is 0 Å². The van der Waals surface area contributed by atoms with Crippen LogP contribution in [0.1, 0.15) is 20.7 Å². The summed E-state index contributed by atoms with van der Waals surface area (Å²) in [5.74, 6) is -0.867. The maximum absolute atomic E-state index is 11.5. The van der Waals surface area contributed by atoms with Gasteiger partial charge in [-0.15, -0.1) is 0 Å². The molecule has 2 rings (SSSR count). The van der Waals surface area contributed by atoms with Gasteiger partial charge in [-0.1, -0.05) is 29.8 Å². The van der Waals surface area contributed by atoms with E-state index >= 15 is 0 Å². The molecule has 0 N–H and O–H groups in total. The summed E-state index contributed by atoms with van der Waals surface area (Å²) in [7, 11) is 2.64. The van der Waals surface area contributed by atoms with E-state index in [1.54, 1.807) is 42.5 Å². The monoisotopic (exact) mass is 304 g/mol. The lowest BCUT2D eigenvalue weighted by Gasteiger charge is -2.07. The molecule has 0 radical (unpaired) electrons. The highest BCUT2D eigenvalue weighted by Crippen LogP contribution is 2.26. The fourth-order valence-electron chi connectivity index (χ4n) is 1.89. The summed E-state index contributed by atoms with van der Waals surface area (Å²) in [6, 6.07) is 12.0. The van der Waals surface area contributed by atoms with E-state index in [2.05, 4.69) is 9.47 Å². The first-order valence-corrected chi connectivity index (χ1v) is 6.51. The number of carbonyl (C=O) groups excluding carboxylic acids is 2. The van der Waals surface area contributed by atoms with E-state index < -0.39 is 5.97 Å². The van der Waals surface area contributed by atoms with Crippen molar-refractivity contribution in [1.29, 1.82) is 0 Å². The Morgan fingerprint density at radius 2 is 1.43 bits per heavy atom. The number of hydrogen-bond acceptors (Lipinski definition) is 4. The van der Waals surface area contributed by atoms with Crippen LogP contribution in [0.25, 0.3) is 11.1 Å². The number of hydrogen-bond donors (Lipinski definition) is 0. The highest BCUT2D eigenvalue weighted by Gasteiger charge is 2.12. The average Bonchev–Trinajstić information content (AvgIpc) is 2.53. The standard InChI is InChI=1S/C16H13ClO4/c1-20-15(18)11-5-3-10(4-6-11)12-7-8-13(14(17)9-12)16(19)21-2/h3-9H,1-2H3. The Labute approximate surface area is 127 Å². The summed E-state index contributed by atoms with van der Waals surface area (Å²) in [4.78, 5) is 22.9. The van der Waals surface area contributed by atoms with E-state index in [9.17, 15) is 9.59 Å². The molecule has 0 amide bonds. The van der Waals surface area contributed by atoms with Crippen molar-refractivity contribution in [2.45, 2.75) is 0 Å². The van der Waals surface area contributed by atoms with Crippen molar-refractivity contribution >= 4 is 23.5 Å². The molecule has 0 bridgehead atoms. The number of ether oxygens (including phenoxy) is 2. The first kappa shape index (κ1) is 15.1. The van der Waals surface area contributed by atoms with Crippen molar-refractivity contribution in [1.82, 2.24) is 0 Å². The van der Waals surface area contributed by atoms with Crippen molar-refractivity contribution in [3.05, 3.63) is 58.6 Å². The van der Waals surface area contributed by atoms with Gasteiger partial charge in [0.25, 0.3) is 0 Å². The van der Waals surface area contributed by atoms with Gasteiger partial charge in [0.05, 0.1) is 30.4 Å². The topological polar surface area (TPSA) is 52.6 Å². The third kappa shape index (κ3) is 3.23. The van der Waals surface area contributed by atoms with E-state index in [1.807, 2.05) is 0 Å². The van der Waals surface area contributed by atoms with Crippen LogP contribution in [0.5, 0.6) is 0 Å². The average molecular weight is 305 g/mol. The summed E-state index contributed by atoms with van der Waals surface area (Å²) >= 11 is 6.08. The number of methoxy groups -OCH3 is 2. The van der Waals surface area contributed by atoms with Crippen LogP contribution in [0, 0.1) is 0 Å². The van der Waals surface area contributed by atoms with E-state index in [-0.39, 0.29) is 5.97 Å². The normalized spacial score (nSPS) is 10.0. The maximum Gasteiger partial charge on any atom is 0.339 e. The molecular formula is C16H13ClO4. The van der Waals surface area contributed by atoms with Gasteiger partial charge in [0.15, 0.2) is 0 Å². The zero-order chi connectivity index (χ0) is 15.4. The number of halogens is 1. The predicted molar refractivity (Wildman–Crippen MR) is 79.6 cm³/mol. The zero-order valence-electron chi connectivity index (χ0n) is 11.6. The smallest absolute Gasteiger partial charge is 0.339 e. The molecule has 108 valence electrons. The lowest BCUT2D eigenvalue weighted by molar-refractivity contribution is 0.0592. The number of benzene rings is 2. The molecule has 0 saturated heterocycles. The van der Waals surface area contributed by atoms with Crippen LogP contribution in [-0.4, -0.2) is 26.2 Å². The van der Waals surface area contributed by atoms with Crippen LogP contribution in [0.2, 0.25) is 5.02 Å². The van der Waals surface area contributed by atoms with Gasteiger partial charge in [0.2, 0.25) is 0 Å². The summed E-state index contributed by atoms with van der Waals surface area (Å²) in [6.45, 7) is 0. The Kier molecular flexibility index (Phi) is 4.60. The van der Waals surface area contributed by atoms with E-state index in [0.29, 0.717) is 16.1 Å². The largest absolute Gasteiger partial charge is 0.465 e. The first-order valence-electron chi connectivity index (χ1n) is 6.13. The summed E-state index contributed by atoms with van der Waals surface area (Å²) in [6.07, 6.45) is 0. The van der Waals surface area contributed by atoms with E-state index in [4.69, 9.17) is 11.6 Å². The Hall–Kier alpha value is -2.33. The molecule has 0 atom stereocenters. The van der Waals surface area contributed by atoms with Gasteiger partial charge >= 0.3 is 11.9 Å². The van der Waals surface area contributed by atoms with E-state index in [0.717, 1.165) is 11.1 Å². The van der Waals surface area contributed by atoms with Gasteiger partial charge in [0, 0.05) is 0 Å². The van der Waals surface area contributed by atoms with Crippen molar-refractivity contribution in [3.63, 3.8) is 0 Å². The third-order valence-corrected chi connectivity index (χ3v) is 3.33. The first-order chi connectivity index (χ1) is 10.1. The Morgan fingerprint density at radius 3 is 1.95 bits per heavy atom. The van der Waals surface area contributed by atoms with Gasteiger partial charge in [-0.05, 0) is 35.4 Å². The van der Waals surface area contributed by atoms with Crippen LogP contribution >= 0.6 is 11.6 Å². The van der Waals surface area contributed by atoms with Crippen LogP contribution < -0.4 is 0 Å². The van der Waals surface area contributed by atoms with Crippen LogP contribution in [0.4, 0.5) is 0 Å². The van der Waals surface area contributed by atoms with Gasteiger partial charge in [0.1, 0.15) is 0 Å². The third-order valence-electron chi connectivity index (χ3n) is 3.01. The summed E-state index contributed by atoms with van der Waals surface area (Å²) in [5.41, 5.74) is 2.50. The second-order valence-corrected chi connectivity index (χ2v) is 4.66. The molecule has 5 heteroatoms. The molecule has 0 aliphatic rings. The molecule has 0 aromatic heterocycles. The molecule has 0 aliphatic heterocycles. The van der Waals surface area contributed by atoms with E-state index in [1.165, 1.54) is 14.2 Å². The molecule has 0 unspecified atom stereocenters. The van der Waals surface area contributed by atoms with Gasteiger partial charge in [-0.2, -0.15) is 0 Å². The molecule has 0 heterocycles. The number of rotatable bonds is 3. The highest BCUT2D eigenvalue weighted by molar-refractivity contribution is 6.33. The second kappa shape index (κ2) is 6.41. The van der Waals surface area contributed by atoms with Gasteiger partial charge < -0.3 is 9.47 Å². The SMILES string of the molecule is COC(=O)c1ccc(-c2ccc(C(=O)OC)c(Cl)c2)cc1.